The molecule has 0 amide bonds. The van der Waals surface area contributed by atoms with Crippen LogP contribution in [0.3, 0.4) is 0 Å². The van der Waals surface area contributed by atoms with Gasteiger partial charge in [0, 0.05) is 0 Å². The molecular formula is C10H16GeOS. The van der Waals surface area contributed by atoms with Gasteiger partial charge in [0.15, 0.2) is 0 Å². The first-order valence-electron chi connectivity index (χ1n) is 4.34. The van der Waals surface area contributed by atoms with Crippen LogP contribution in [-0.4, -0.2) is 19.2 Å². The maximum absolute atomic E-state index is 5.11. The van der Waals surface area contributed by atoms with Crippen LogP contribution in [0.5, 0.6) is 5.75 Å². The number of rotatable bonds is 3. The summed E-state index contributed by atoms with van der Waals surface area (Å²) in [5.74, 6) is 8.13. The van der Waals surface area contributed by atoms with Crippen LogP contribution >= 0.6 is 10.1 Å². The fraction of sp³-hybridized carbons (Fsp3) is 0.400. The van der Waals surface area contributed by atoms with E-state index in [1.807, 2.05) is 12.1 Å². The SMILES string of the molecule is COc1ccc([S][Ge]([CH3])([CH3])[CH3])cc1. The first kappa shape index (κ1) is 11.0. The second-order valence-corrected chi connectivity index (χ2v) is 21.1. The van der Waals surface area contributed by atoms with Gasteiger partial charge < -0.3 is 0 Å². The topological polar surface area (TPSA) is 9.23 Å². The Balaban J connectivity index is 2.70. The number of hydrogen-bond acceptors (Lipinski definition) is 2. The third-order valence-corrected chi connectivity index (χ3v) is 7.94. The van der Waals surface area contributed by atoms with E-state index in [1.165, 1.54) is 4.90 Å². The molecule has 0 atom stereocenters. The minimum absolute atomic E-state index is 0.936. The van der Waals surface area contributed by atoms with Crippen molar-refractivity contribution in [2.75, 3.05) is 7.11 Å². The predicted molar refractivity (Wildman–Crippen MR) is 62.2 cm³/mol. The van der Waals surface area contributed by atoms with Gasteiger partial charge in [-0.1, -0.05) is 0 Å². The number of methoxy groups -OCH3 is 1. The molecule has 0 aliphatic rings. The zero-order chi connectivity index (χ0) is 9.90. The number of benzene rings is 1. The summed E-state index contributed by atoms with van der Waals surface area (Å²) in [7, 11) is 3.75. The summed E-state index contributed by atoms with van der Waals surface area (Å²) in [4.78, 5) is 1.37. The summed E-state index contributed by atoms with van der Waals surface area (Å²) < 4.78 is 5.11. The van der Waals surface area contributed by atoms with Gasteiger partial charge in [-0.25, -0.2) is 0 Å². The molecule has 0 saturated carbocycles. The quantitative estimate of drug-likeness (QED) is 0.764. The molecule has 0 aromatic heterocycles. The van der Waals surface area contributed by atoms with Crippen molar-refractivity contribution in [3.05, 3.63) is 24.3 Å². The van der Waals surface area contributed by atoms with Crippen molar-refractivity contribution in [2.45, 2.75) is 22.2 Å². The molecule has 0 aliphatic heterocycles. The average molecular weight is 257 g/mol. The average Bonchev–Trinajstić information content (AvgIpc) is 2.03. The standard InChI is InChI=1S/C10H16GeOS/c1-11(2,3)13-10-7-5-9(12-4)6-8-10/h5-8H,1-4H3. The second kappa shape index (κ2) is 4.42. The Hall–Kier alpha value is -0.0871. The summed E-state index contributed by atoms with van der Waals surface area (Å²) in [6.07, 6.45) is 0. The van der Waals surface area contributed by atoms with Gasteiger partial charge in [-0.2, -0.15) is 0 Å². The van der Waals surface area contributed by atoms with E-state index in [0.717, 1.165) is 5.75 Å². The molecular weight excluding hydrogens is 241 g/mol. The Labute approximate surface area is 86.2 Å². The van der Waals surface area contributed by atoms with Crippen LogP contribution in [0.25, 0.3) is 0 Å². The number of ether oxygens (including phenoxy) is 1. The number of hydrogen-bond donors (Lipinski definition) is 0. The van der Waals surface area contributed by atoms with Crippen molar-refractivity contribution in [1.29, 1.82) is 0 Å². The maximum atomic E-state index is 5.11. The molecule has 1 aromatic rings. The second-order valence-electron chi connectivity index (χ2n) is 3.89. The van der Waals surface area contributed by atoms with Crippen LogP contribution in [0.15, 0.2) is 29.2 Å². The van der Waals surface area contributed by atoms with Crippen molar-refractivity contribution in [2.24, 2.45) is 0 Å². The summed E-state index contributed by atoms with van der Waals surface area (Å²) >= 11 is -1.51. The first-order chi connectivity index (χ1) is 6.01. The molecule has 3 heteroatoms. The molecule has 1 rings (SSSR count). The molecule has 1 aromatic carbocycles. The van der Waals surface area contributed by atoms with Gasteiger partial charge in [-0.15, -0.1) is 0 Å². The predicted octanol–water partition coefficient (Wildman–Crippen LogP) is 3.62. The van der Waals surface area contributed by atoms with E-state index in [2.05, 4.69) is 39.5 Å². The summed E-state index contributed by atoms with van der Waals surface area (Å²) in [5.41, 5.74) is 0. The molecule has 0 saturated heterocycles. The first-order valence-corrected chi connectivity index (χ1v) is 14.0. The molecule has 13 heavy (non-hydrogen) atoms. The van der Waals surface area contributed by atoms with Crippen LogP contribution in [0, 0.1) is 0 Å². The van der Waals surface area contributed by atoms with E-state index < -0.39 is 12.1 Å². The summed E-state index contributed by atoms with van der Waals surface area (Å²) in [6, 6.07) is 8.33. The zero-order valence-electron chi connectivity index (χ0n) is 8.63. The third kappa shape index (κ3) is 4.09. The monoisotopic (exact) mass is 258 g/mol. The third-order valence-electron chi connectivity index (χ3n) is 1.48. The van der Waals surface area contributed by atoms with E-state index in [4.69, 9.17) is 4.74 Å². The van der Waals surface area contributed by atoms with Crippen molar-refractivity contribution < 1.29 is 4.74 Å². The van der Waals surface area contributed by atoms with Crippen LogP contribution in [-0.2, 0) is 0 Å². The Bertz CT molecular complexity index is 263. The van der Waals surface area contributed by atoms with E-state index >= 15 is 0 Å². The van der Waals surface area contributed by atoms with Crippen LogP contribution in [0.4, 0.5) is 0 Å². The van der Waals surface area contributed by atoms with Gasteiger partial charge in [-0.3, -0.25) is 0 Å². The van der Waals surface area contributed by atoms with Crippen molar-refractivity contribution in [3.63, 3.8) is 0 Å². The molecule has 0 radical (unpaired) electrons. The van der Waals surface area contributed by atoms with Gasteiger partial charge in [0.25, 0.3) is 0 Å². The van der Waals surface area contributed by atoms with E-state index in [0.29, 0.717) is 0 Å². The Morgan fingerprint density at radius 3 is 2.00 bits per heavy atom. The minimum atomic E-state index is -1.51. The van der Waals surface area contributed by atoms with Crippen molar-refractivity contribution in [1.82, 2.24) is 0 Å². The molecule has 72 valence electrons. The summed E-state index contributed by atoms with van der Waals surface area (Å²) in [5, 5.41) is 0. The van der Waals surface area contributed by atoms with Crippen LogP contribution in [0.1, 0.15) is 0 Å². The van der Waals surface area contributed by atoms with Gasteiger partial charge in [0.1, 0.15) is 0 Å². The van der Waals surface area contributed by atoms with Crippen molar-refractivity contribution >= 4 is 22.2 Å². The van der Waals surface area contributed by atoms with Gasteiger partial charge >= 0.3 is 86.2 Å². The molecule has 0 fully saturated rings. The Morgan fingerprint density at radius 2 is 1.62 bits per heavy atom. The van der Waals surface area contributed by atoms with E-state index in [9.17, 15) is 0 Å². The molecule has 0 spiro atoms. The van der Waals surface area contributed by atoms with Gasteiger partial charge in [0.05, 0.1) is 0 Å². The van der Waals surface area contributed by atoms with E-state index in [1.54, 1.807) is 7.11 Å². The molecule has 0 N–H and O–H groups in total. The van der Waals surface area contributed by atoms with Gasteiger partial charge in [0.2, 0.25) is 0 Å². The molecule has 0 unspecified atom stereocenters. The molecule has 0 aliphatic carbocycles. The van der Waals surface area contributed by atoms with Crippen LogP contribution in [0.2, 0.25) is 17.3 Å². The zero-order valence-corrected chi connectivity index (χ0v) is 11.5. The Kier molecular flexibility index (Phi) is 3.74. The Morgan fingerprint density at radius 1 is 1.08 bits per heavy atom. The molecule has 0 heterocycles. The fourth-order valence-electron chi connectivity index (χ4n) is 0.997. The molecule has 1 nitrogen and oxygen atoms in total. The fourth-order valence-corrected chi connectivity index (χ4v) is 7.28. The van der Waals surface area contributed by atoms with Crippen molar-refractivity contribution in [3.8, 4) is 5.75 Å². The van der Waals surface area contributed by atoms with Crippen LogP contribution < -0.4 is 4.74 Å². The molecule has 0 bridgehead atoms. The van der Waals surface area contributed by atoms with E-state index in [-0.39, 0.29) is 0 Å². The normalized spacial score (nSPS) is 11.4. The van der Waals surface area contributed by atoms with Gasteiger partial charge in [-0.05, 0) is 0 Å². The summed E-state index contributed by atoms with van der Waals surface area (Å²) in [6.45, 7) is 0.